The summed E-state index contributed by atoms with van der Waals surface area (Å²) in [6.07, 6.45) is 3.62. The number of nitrogens with one attached hydrogen (secondary N) is 2. The Morgan fingerprint density at radius 2 is 2.00 bits per heavy atom. The first kappa shape index (κ1) is 22.3. The van der Waals surface area contributed by atoms with E-state index in [2.05, 4.69) is 15.7 Å². The van der Waals surface area contributed by atoms with E-state index in [9.17, 15) is 14.7 Å². The van der Waals surface area contributed by atoms with Gasteiger partial charge in [0.15, 0.2) is 5.69 Å². The van der Waals surface area contributed by atoms with Crippen molar-refractivity contribution in [2.75, 3.05) is 20.8 Å². The number of methoxy groups -OCH3 is 1. The number of benzene rings is 1. The highest BCUT2D eigenvalue weighted by Crippen LogP contribution is 2.24. The molecule has 1 heterocycles. The van der Waals surface area contributed by atoms with Crippen molar-refractivity contribution in [3.8, 4) is 0 Å². The molecule has 2 aromatic rings. The van der Waals surface area contributed by atoms with Crippen LogP contribution in [0.25, 0.3) is 0 Å². The minimum Gasteiger partial charge on any atom is -0.394 e. The van der Waals surface area contributed by atoms with Crippen LogP contribution in [0, 0.1) is 0 Å². The van der Waals surface area contributed by atoms with Crippen LogP contribution in [0.15, 0.2) is 30.3 Å². The number of amides is 2. The lowest BCUT2D eigenvalue weighted by molar-refractivity contribution is 0.0596. The van der Waals surface area contributed by atoms with Gasteiger partial charge in [-0.2, -0.15) is 5.10 Å². The second-order valence-electron chi connectivity index (χ2n) is 7.37. The zero-order valence-electron chi connectivity index (χ0n) is 17.1. The van der Waals surface area contributed by atoms with E-state index in [-0.39, 0.29) is 36.0 Å². The minimum atomic E-state index is -0.660. The second-order valence-corrected chi connectivity index (χ2v) is 7.81. The van der Waals surface area contributed by atoms with E-state index in [0.717, 1.165) is 25.7 Å². The van der Waals surface area contributed by atoms with Crippen molar-refractivity contribution in [1.29, 1.82) is 0 Å². The molecule has 1 aromatic carbocycles. The third kappa shape index (κ3) is 5.00. The van der Waals surface area contributed by atoms with Crippen LogP contribution in [0.5, 0.6) is 0 Å². The predicted octanol–water partition coefficient (Wildman–Crippen LogP) is 2.17. The Morgan fingerprint density at radius 1 is 1.27 bits per heavy atom. The van der Waals surface area contributed by atoms with Gasteiger partial charge in [-0.25, -0.2) is 4.68 Å². The van der Waals surface area contributed by atoms with Gasteiger partial charge in [0.25, 0.3) is 11.8 Å². The molecular weight excluding hydrogens is 408 g/mol. The van der Waals surface area contributed by atoms with Gasteiger partial charge in [-0.15, -0.1) is 0 Å². The van der Waals surface area contributed by atoms with Crippen molar-refractivity contribution in [2.45, 2.75) is 43.9 Å². The molecule has 3 N–H and O–H groups in total. The zero-order chi connectivity index (χ0) is 21.7. The number of hydrogen-bond donors (Lipinski definition) is 3. The maximum atomic E-state index is 13.1. The summed E-state index contributed by atoms with van der Waals surface area (Å²) >= 11 is 6.10. The molecule has 162 valence electrons. The Morgan fingerprint density at radius 3 is 2.60 bits per heavy atom. The van der Waals surface area contributed by atoms with Crippen LogP contribution >= 0.6 is 11.6 Å². The predicted molar refractivity (Wildman–Crippen MR) is 113 cm³/mol. The van der Waals surface area contributed by atoms with Gasteiger partial charge >= 0.3 is 0 Å². The first-order valence-electron chi connectivity index (χ1n) is 9.98. The van der Waals surface area contributed by atoms with Crippen molar-refractivity contribution in [3.63, 3.8) is 0 Å². The van der Waals surface area contributed by atoms with Gasteiger partial charge in [0.1, 0.15) is 11.7 Å². The van der Waals surface area contributed by atoms with Crippen molar-refractivity contribution in [3.05, 3.63) is 52.3 Å². The number of nitrogens with zero attached hydrogens (tertiary/aromatic N) is 2. The first-order chi connectivity index (χ1) is 14.5. The molecule has 1 atom stereocenters. The quantitative estimate of drug-likeness (QED) is 0.619. The van der Waals surface area contributed by atoms with E-state index in [0.29, 0.717) is 10.6 Å². The van der Waals surface area contributed by atoms with Crippen LogP contribution in [-0.2, 0) is 4.74 Å². The summed E-state index contributed by atoms with van der Waals surface area (Å²) in [5.41, 5.74) is 0.999. The summed E-state index contributed by atoms with van der Waals surface area (Å²) < 4.78 is 6.78. The number of aliphatic hydroxyl groups excluding tert-OH is 1. The van der Waals surface area contributed by atoms with E-state index < -0.39 is 11.9 Å². The highest BCUT2D eigenvalue weighted by Gasteiger charge is 2.28. The fourth-order valence-corrected chi connectivity index (χ4v) is 3.98. The maximum Gasteiger partial charge on any atom is 0.271 e. The highest BCUT2D eigenvalue weighted by atomic mass is 35.5. The van der Waals surface area contributed by atoms with Crippen molar-refractivity contribution < 1.29 is 19.4 Å². The van der Waals surface area contributed by atoms with Crippen LogP contribution in [0.1, 0.15) is 58.3 Å². The molecule has 0 bridgehead atoms. The molecular formula is C21H27ClN4O4. The summed E-state index contributed by atoms with van der Waals surface area (Å²) in [7, 11) is 3.20. The summed E-state index contributed by atoms with van der Waals surface area (Å²) in [4.78, 5) is 25.2. The normalized spacial score (nSPS) is 19.9. The molecule has 0 radical (unpaired) electrons. The summed E-state index contributed by atoms with van der Waals surface area (Å²) in [5.74, 6) is -0.745. The van der Waals surface area contributed by atoms with Crippen molar-refractivity contribution in [1.82, 2.24) is 20.4 Å². The van der Waals surface area contributed by atoms with Crippen molar-refractivity contribution >= 4 is 23.4 Å². The third-order valence-corrected chi connectivity index (χ3v) is 5.71. The molecule has 0 spiro atoms. The van der Waals surface area contributed by atoms with Crippen LogP contribution in [0.2, 0.25) is 5.02 Å². The van der Waals surface area contributed by atoms with E-state index in [1.807, 2.05) is 0 Å². The molecule has 1 aliphatic carbocycles. The van der Waals surface area contributed by atoms with Crippen LogP contribution in [0.4, 0.5) is 0 Å². The van der Waals surface area contributed by atoms with Crippen LogP contribution in [0.3, 0.4) is 0 Å². The average molecular weight is 435 g/mol. The topological polar surface area (TPSA) is 105 Å². The number of aliphatic hydroxyl groups is 1. The Bertz CT molecular complexity index is 893. The monoisotopic (exact) mass is 434 g/mol. The average Bonchev–Trinajstić information content (AvgIpc) is 3.19. The molecule has 2 amide bonds. The maximum absolute atomic E-state index is 13.1. The Labute approximate surface area is 180 Å². The summed E-state index contributed by atoms with van der Waals surface area (Å²) in [6, 6.07) is 7.79. The van der Waals surface area contributed by atoms with Crippen LogP contribution < -0.4 is 10.6 Å². The lowest BCUT2D eigenvalue weighted by Gasteiger charge is -2.28. The number of carbonyl (C=O) groups excluding carboxylic acids is 2. The molecule has 1 fully saturated rings. The number of aromatic nitrogens is 2. The van der Waals surface area contributed by atoms with Gasteiger partial charge in [0, 0.05) is 31.3 Å². The number of halogens is 1. The SMILES string of the molecule is CNC(=O)c1cc(C(=O)NC2CCC(OC)CC2)n([C@@H](CO)c2cccc(Cl)c2)n1. The Hall–Kier alpha value is -2.42. The lowest BCUT2D eigenvalue weighted by atomic mass is 9.93. The molecule has 0 saturated heterocycles. The van der Waals surface area contributed by atoms with Gasteiger partial charge < -0.3 is 20.5 Å². The number of carbonyl (C=O) groups is 2. The fourth-order valence-electron chi connectivity index (χ4n) is 3.78. The van der Waals surface area contributed by atoms with Crippen LogP contribution in [-0.4, -0.2) is 59.6 Å². The molecule has 1 aliphatic rings. The molecule has 1 saturated carbocycles. The van der Waals surface area contributed by atoms with Crippen molar-refractivity contribution in [2.24, 2.45) is 0 Å². The summed E-state index contributed by atoms with van der Waals surface area (Å²) in [5, 5.41) is 20.4. The van der Waals surface area contributed by atoms with Gasteiger partial charge in [-0.05, 0) is 43.4 Å². The largest absolute Gasteiger partial charge is 0.394 e. The first-order valence-corrected chi connectivity index (χ1v) is 10.4. The number of hydrogen-bond acceptors (Lipinski definition) is 5. The van der Waals surface area contributed by atoms with Gasteiger partial charge in [0.2, 0.25) is 0 Å². The molecule has 1 aromatic heterocycles. The van der Waals surface area contributed by atoms with Gasteiger partial charge in [0.05, 0.1) is 12.7 Å². The smallest absolute Gasteiger partial charge is 0.271 e. The third-order valence-electron chi connectivity index (χ3n) is 5.47. The number of rotatable bonds is 7. The molecule has 0 aliphatic heterocycles. The Balaban J connectivity index is 1.89. The second kappa shape index (κ2) is 10.1. The van der Waals surface area contributed by atoms with Gasteiger partial charge in [-0.1, -0.05) is 23.7 Å². The fraction of sp³-hybridized carbons (Fsp3) is 0.476. The van der Waals surface area contributed by atoms with E-state index in [1.165, 1.54) is 17.8 Å². The molecule has 8 nitrogen and oxygen atoms in total. The Kier molecular flexibility index (Phi) is 7.47. The molecule has 3 rings (SSSR count). The minimum absolute atomic E-state index is 0.0226. The molecule has 0 unspecified atom stereocenters. The van der Waals surface area contributed by atoms with Gasteiger partial charge in [-0.3, -0.25) is 9.59 Å². The lowest BCUT2D eigenvalue weighted by Crippen LogP contribution is -2.40. The molecule has 30 heavy (non-hydrogen) atoms. The van der Waals surface area contributed by atoms with E-state index in [1.54, 1.807) is 31.4 Å². The zero-order valence-corrected chi connectivity index (χ0v) is 17.9. The van der Waals surface area contributed by atoms with E-state index in [4.69, 9.17) is 16.3 Å². The number of ether oxygens (including phenoxy) is 1. The van der Waals surface area contributed by atoms with E-state index >= 15 is 0 Å². The molecule has 9 heteroatoms. The standard InChI is InChI=1S/C21H27ClN4O4/c1-23-20(28)17-11-18(21(29)24-15-6-8-16(30-2)9-7-15)26(25-17)19(12-27)13-4-3-5-14(22)10-13/h3-5,10-11,15-16,19,27H,6-9,12H2,1-2H3,(H,23,28)(H,24,29)/t15?,16?,19-/m0/s1. The highest BCUT2D eigenvalue weighted by molar-refractivity contribution is 6.30. The summed E-state index contributed by atoms with van der Waals surface area (Å²) in [6.45, 7) is -0.311.